The zero-order chi connectivity index (χ0) is 31.3. The first-order valence-corrected chi connectivity index (χ1v) is 15.0. The van der Waals surface area contributed by atoms with Gasteiger partial charge in [0.2, 0.25) is 5.71 Å². The van der Waals surface area contributed by atoms with Crippen molar-refractivity contribution in [2.45, 2.75) is 50.3 Å². The number of carbonyl (C=O) groups excluding carboxylic acids is 1. The van der Waals surface area contributed by atoms with Crippen molar-refractivity contribution in [1.29, 1.82) is 5.26 Å². The lowest BCUT2D eigenvalue weighted by Gasteiger charge is -2.15. The number of fused-ring (bicyclic) bond motifs is 1. The topological polar surface area (TPSA) is 111 Å². The van der Waals surface area contributed by atoms with Gasteiger partial charge >= 0.3 is 6.18 Å². The number of aliphatic hydroxyl groups is 1. The molecule has 7 nitrogen and oxygen atoms in total. The number of amides is 1. The van der Waals surface area contributed by atoms with Crippen LogP contribution in [-0.4, -0.2) is 44.8 Å². The Balaban J connectivity index is 1.89. The number of rotatable bonds is 11. The molecule has 0 aliphatic carbocycles. The van der Waals surface area contributed by atoms with Crippen molar-refractivity contribution in [1.82, 2.24) is 15.6 Å². The highest BCUT2D eigenvalue weighted by molar-refractivity contribution is 6.33. The van der Waals surface area contributed by atoms with Crippen molar-refractivity contribution in [3.63, 3.8) is 0 Å². The second kappa shape index (κ2) is 13.5. The number of nitrogens with one attached hydrogen (secondary N) is 2. The van der Waals surface area contributed by atoms with Gasteiger partial charge < -0.3 is 14.8 Å². The number of aryl methyl sites for hydroxylation is 1. The molecule has 1 amide bonds. The fourth-order valence-electron chi connectivity index (χ4n) is 4.57. The predicted octanol–water partition coefficient (Wildman–Crippen LogP) is 6.33. The third-order valence-corrected chi connectivity index (χ3v) is 7.55. The molecule has 2 aromatic heterocycles. The average Bonchev–Trinajstić information content (AvgIpc) is 3.35. The maximum Gasteiger partial charge on any atom is 0.389 e. The molecule has 0 bridgehead atoms. The Kier molecular flexibility index (Phi) is 9.95. The summed E-state index contributed by atoms with van der Waals surface area (Å²) in [6, 6.07) is 12.0. The number of carbonyl (C=O) groups is 1. The summed E-state index contributed by atoms with van der Waals surface area (Å²) in [4.78, 5) is 17.3. The van der Waals surface area contributed by atoms with Crippen LogP contribution in [0.25, 0.3) is 33.6 Å². The molecule has 0 aliphatic rings. The number of halogens is 5. The van der Waals surface area contributed by atoms with Crippen LogP contribution in [0.15, 0.2) is 52.9 Å². The number of furan rings is 1. The molecule has 13 heteroatoms. The molecule has 0 spiro atoms. The third-order valence-electron chi connectivity index (χ3n) is 6.76. The van der Waals surface area contributed by atoms with E-state index in [-0.39, 0.29) is 39.2 Å². The molecular formula is C30H27F5N4O3Si. The monoisotopic (exact) mass is 614 g/mol. The van der Waals surface area contributed by atoms with Crippen molar-refractivity contribution in [3.8, 4) is 28.5 Å². The van der Waals surface area contributed by atoms with E-state index in [9.17, 15) is 37.1 Å². The summed E-state index contributed by atoms with van der Waals surface area (Å²) in [5, 5.41) is 25.6. The molecule has 2 aromatic carbocycles. The van der Waals surface area contributed by atoms with Crippen LogP contribution in [0.1, 0.15) is 40.7 Å². The number of nitriles is 1. The number of aromatic nitrogens is 1. The van der Waals surface area contributed by atoms with E-state index in [1.54, 1.807) is 0 Å². The largest absolute Gasteiger partial charge is 0.437 e. The lowest BCUT2D eigenvalue weighted by atomic mass is 9.96. The number of hydrogen-bond donors (Lipinski definition) is 3. The van der Waals surface area contributed by atoms with Crippen LogP contribution in [0.2, 0.25) is 12.6 Å². The lowest BCUT2D eigenvalue weighted by Crippen LogP contribution is -2.34. The maximum absolute atomic E-state index is 14.8. The normalized spacial score (nSPS) is 13.1. The minimum Gasteiger partial charge on any atom is -0.437 e. The van der Waals surface area contributed by atoms with Crippen LogP contribution in [0, 0.1) is 23.0 Å². The highest BCUT2D eigenvalue weighted by Gasteiger charge is 2.29. The molecule has 2 atom stereocenters. The minimum absolute atomic E-state index is 0.0356. The van der Waals surface area contributed by atoms with E-state index in [0.29, 0.717) is 27.5 Å². The zero-order valence-corrected chi connectivity index (χ0v) is 24.1. The van der Waals surface area contributed by atoms with Crippen LogP contribution in [-0.2, 0) is 6.42 Å². The number of pyridine rings is 1. The van der Waals surface area contributed by atoms with Gasteiger partial charge in [0, 0.05) is 32.5 Å². The molecule has 4 rings (SSSR count). The first-order chi connectivity index (χ1) is 20.4. The Morgan fingerprint density at radius 2 is 1.84 bits per heavy atom. The van der Waals surface area contributed by atoms with E-state index in [4.69, 9.17) is 4.42 Å². The lowest BCUT2D eigenvalue weighted by molar-refractivity contribution is -0.134. The number of alkyl halides is 3. The summed E-state index contributed by atoms with van der Waals surface area (Å²) >= 11 is 0. The summed E-state index contributed by atoms with van der Waals surface area (Å²) in [6.07, 6.45) is -7.21. The molecule has 0 aliphatic heterocycles. The van der Waals surface area contributed by atoms with Gasteiger partial charge in [-0.25, -0.2) is 13.8 Å². The van der Waals surface area contributed by atoms with Crippen molar-refractivity contribution < 1.29 is 36.3 Å². The van der Waals surface area contributed by atoms with Crippen molar-refractivity contribution >= 4 is 26.5 Å². The number of hydrogen-bond acceptors (Lipinski definition) is 6. The van der Waals surface area contributed by atoms with Gasteiger partial charge in [-0.3, -0.25) is 10.1 Å². The average molecular weight is 615 g/mol. The highest BCUT2D eigenvalue weighted by atomic mass is 28.2. The van der Waals surface area contributed by atoms with Crippen molar-refractivity contribution in [2.75, 3.05) is 7.05 Å². The molecule has 0 fully saturated rings. The molecular weight excluding hydrogens is 587 g/mol. The Bertz CT molecular complexity index is 1650. The fourth-order valence-corrected chi connectivity index (χ4v) is 5.15. The van der Waals surface area contributed by atoms with Gasteiger partial charge in [0.1, 0.15) is 29.7 Å². The SMILES string of the molecule is CNC(O)c1c(-c2ccc(F)cc2)oc2nc(CCC(F)(F)F)c(-c3ccc(F)c(C(=O)NC(C#N)CC[Si]C)c3)cc12. The quantitative estimate of drug-likeness (QED) is 0.104. The maximum atomic E-state index is 14.8. The smallest absolute Gasteiger partial charge is 0.389 e. The van der Waals surface area contributed by atoms with Crippen LogP contribution in [0.4, 0.5) is 22.0 Å². The molecule has 2 heterocycles. The van der Waals surface area contributed by atoms with Gasteiger partial charge in [0.05, 0.1) is 22.9 Å². The Morgan fingerprint density at radius 1 is 1.14 bits per heavy atom. The highest BCUT2D eigenvalue weighted by Crippen LogP contribution is 2.40. The zero-order valence-electron chi connectivity index (χ0n) is 23.1. The van der Waals surface area contributed by atoms with Gasteiger partial charge in [-0.1, -0.05) is 18.7 Å². The summed E-state index contributed by atoms with van der Waals surface area (Å²) in [5.41, 5.74) is 0.437. The first-order valence-electron chi connectivity index (χ1n) is 13.2. The van der Waals surface area contributed by atoms with Crippen LogP contribution in [0.5, 0.6) is 0 Å². The van der Waals surface area contributed by atoms with Gasteiger partial charge in [0.25, 0.3) is 5.91 Å². The van der Waals surface area contributed by atoms with Gasteiger partial charge in [-0.2, -0.15) is 18.4 Å². The molecule has 224 valence electrons. The van der Waals surface area contributed by atoms with E-state index in [1.807, 2.05) is 12.6 Å². The third kappa shape index (κ3) is 7.45. The minimum atomic E-state index is -4.51. The van der Waals surface area contributed by atoms with Gasteiger partial charge in [0.15, 0.2) is 0 Å². The number of aliphatic hydroxyl groups excluding tert-OH is 1. The number of benzene rings is 2. The molecule has 0 saturated heterocycles. The van der Waals surface area contributed by atoms with E-state index < -0.39 is 54.4 Å². The first kappa shape index (κ1) is 31.8. The van der Waals surface area contributed by atoms with Gasteiger partial charge in [-0.15, -0.1) is 0 Å². The van der Waals surface area contributed by atoms with Crippen LogP contribution in [0.3, 0.4) is 0 Å². The second-order valence-corrected chi connectivity index (χ2v) is 10.9. The summed E-state index contributed by atoms with van der Waals surface area (Å²) < 4.78 is 74.2. The summed E-state index contributed by atoms with van der Waals surface area (Å²) in [6.45, 7) is 1.95. The van der Waals surface area contributed by atoms with Gasteiger partial charge in [-0.05, 0) is 67.9 Å². The fraction of sp³-hybridized carbons (Fsp3) is 0.300. The Morgan fingerprint density at radius 3 is 2.47 bits per heavy atom. The molecule has 0 saturated carbocycles. The number of nitrogens with zero attached hydrogens (tertiary/aromatic N) is 2. The van der Waals surface area contributed by atoms with Crippen molar-refractivity contribution in [3.05, 3.63) is 77.0 Å². The Labute approximate surface area is 246 Å². The molecule has 43 heavy (non-hydrogen) atoms. The van der Waals surface area contributed by atoms with E-state index in [1.165, 1.54) is 49.5 Å². The molecule has 3 N–H and O–H groups in total. The Hall–Kier alpha value is -4.12. The molecule has 2 radical (unpaired) electrons. The standard InChI is InChI=1S/C30H27F5N4O3Si/c1-37-28(41)25-22-14-20(17-5-8-23(32)21(13-17)27(40)38-19(15-36)10-12-43-2)24(9-11-30(33,34)35)39-29(22)42-26(25)16-3-6-18(31)7-4-16/h3-8,13-14,19,28,37,41H,9-12H2,1-2H3,(H,38,40). The molecule has 4 aromatic rings. The second-order valence-electron chi connectivity index (χ2n) is 9.74. The van der Waals surface area contributed by atoms with E-state index >= 15 is 0 Å². The van der Waals surface area contributed by atoms with Crippen LogP contribution >= 0.6 is 0 Å². The van der Waals surface area contributed by atoms with Crippen LogP contribution < -0.4 is 10.6 Å². The van der Waals surface area contributed by atoms with Crippen molar-refractivity contribution in [2.24, 2.45) is 0 Å². The summed E-state index contributed by atoms with van der Waals surface area (Å²) in [5.74, 6) is -2.11. The predicted molar refractivity (Wildman–Crippen MR) is 151 cm³/mol. The van der Waals surface area contributed by atoms with E-state index in [0.717, 1.165) is 6.07 Å². The molecule has 2 unspecified atom stereocenters. The summed E-state index contributed by atoms with van der Waals surface area (Å²) in [7, 11) is 2.03. The van der Waals surface area contributed by atoms with E-state index in [2.05, 4.69) is 15.6 Å².